The predicted octanol–water partition coefficient (Wildman–Crippen LogP) is 3.34. The Bertz CT molecular complexity index is 941. The third kappa shape index (κ3) is 5.55. The molecule has 1 aliphatic rings. The molecule has 0 aliphatic carbocycles. The van der Waals surface area contributed by atoms with Crippen LogP contribution in [0.15, 0.2) is 42.5 Å². The summed E-state index contributed by atoms with van der Waals surface area (Å²) in [4.78, 5) is 39.2. The van der Waals surface area contributed by atoms with Crippen molar-refractivity contribution in [3.8, 4) is 0 Å². The van der Waals surface area contributed by atoms with E-state index in [9.17, 15) is 19.7 Å². The van der Waals surface area contributed by atoms with E-state index in [-0.39, 0.29) is 23.9 Å². The van der Waals surface area contributed by atoms with Crippen LogP contribution in [0, 0.1) is 17.0 Å². The van der Waals surface area contributed by atoms with Crippen molar-refractivity contribution in [3.63, 3.8) is 0 Å². The van der Waals surface area contributed by atoms with Gasteiger partial charge in [-0.1, -0.05) is 17.7 Å². The third-order valence-corrected chi connectivity index (χ3v) is 5.36. The summed E-state index contributed by atoms with van der Waals surface area (Å²) in [6.45, 7) is 4.89. The highest BCUT2D eigenvalue weighted by atomic mass is 35.5. The summed E-state index contributed by atoms with van der Waals surface area (Å²) in [6, 6.07) is 11.2. The van der Waals surface area contributed by atoms with E-state index in [4.69, 9.17) is 11.6 Å². The highest BCUT2D eigenvalue weighted by Gasteiger charge is 2.22. The van der Waals surface area contributed by atoms with E-state index >= 15 is 0 Å². The lowest BCUT2D eigenvalue weighted by molar-refractivity contribution is -0.384. The van der Waals surface area contributed by atoms with Crippen molar-refractivity contribution in [1.82, 2.24) is 9.80 Å². The van der Waals surface area contributed by atoms with Crippen LogP contribution in [0.1, 0.15) is 22.3 Å². The molecule has 2 amide bonds. The van der Waals surface area contributed by atoms with Gasteiger partial charge in [-0.05, 0) is 36.8 Å². The first-order valence-electron chi connectivity index (χ1n) is 9.65. The second kappa shape index (κ2) is 9.69. The molecule has 1 fully saturated rings. The summed E-state index contributed by atoms with van der Waals surface area (Å²) >= 11 is 5.87. The fourth-order valence-corrected chi connectivity index (χ4v) is 3.41. The number of rotatable bonds is 6. The van der Waals surface area contributed by atoms with Gasteiger partial charge >= 0.3 is 0 Å². The number of carbonyl (C=O) groups is 2. The van der Waals surface area contributed by atoms with E-state index < -0.39 is 4.92 Å². The molecule has 30 heavy (non-hydrogen) atoms. The van der Waals surface area contributed by atoms with Gasteiger partial charge in [0.05, 0.1) is 10.6 Å². The minimum absolute atomic E-state index is 0.0230. The highest BCUT2D eigenvalue weighted by Crippen LogP contribution is 2.22. The van der Waals surface area contributed by atoms with E-state index in [0.29, 0.717) is 49.0 Å². The first-order valence-corrected chi connectivity index (χ1v) is 10.0. The van der Waals surface area contributed by atoms with Crippen molar-refractivity contribution in [1.29, 1.82) is 0 Å². The third-order valence-electron chi connectivity index (χ3n) is 5.11. The maximum absolute atomic E-state index is 12.5. The molecule has 0 atom stereocenters. The zero-order valence-corrected chi connectivity index (χ0v) is 17.4. The fraction of sp³-hybridized carbons (Fsp3) is 0.333. The lowest BCUT2D eigenvalue weighted by atomic mass is 10.1. The van der Waals surface area contributed by atoms with Gasteiger partial charge in [0.1, 0.15) is 0 Å². The predicted molar refractivity (Wildman–Crippen MR) is 115 cm³/mol. The second-order valence-electron chi connectivity index (χ2n) is 7.20. The molecule has 0 saturated carbocycles. The summed E-state index contributed by atoms with van der Waals surface area (Å²) in [7, 11) is 0. The van der Waals surface area contributed by atoms with Gasteiger partial charge in [-0.25, -0.2) is 0 Å². The van der Waals surface area contributed by atoms with E-state index in [0.717, 1.165) is 5.56 Å². The number of amides is 2. The number of piperazine rings is 1. The average molecular weight is 431 g/mol. The Morgan fingerprint density at radius 2 is 1.77 bits per heavy atom. The fourth-order valence-electron chi connectivity index (χ4n) is 3.28. The Morgan fingerprint density at radius 1 is 1.10 bits per heavy atom. The van der Waals surface area contributed by atoms with Crippen LogP contribution < -0.4 is 5.32 Å². The quantitative estimate of drug-likeness (QED) is 0.560. The van der Waals surface area contributed by atoms with Crippen LogP contribution in [0.3, 0.4) is 0 Å². The largest absolute Gasteiger partial charge is 0.336 e. The van der Waals surface area contributed by atoms with Gasteiger partial charge in [0.2, 0.25) is 5.91 Å². The van der Waals surface area contributed by atoms with Gasteiger partial charge in [-0.2, -0.15) is 0 Å². The molecule has 9 heteroatoms. The van der Waals surface area contributed by atoms with E-state index in [1.54, 1.807) is 42.2 Å². The highest BCUT2D eigenvalue weighted by molar-refractivity contribution is 6.30. The Balaban J connectivity index is 1.46. The molecule has 2 aromatic carbocycles. The van der Waals surface area contributed by atoms with Crippen LogP contribution in [-0.4, -0.2) is 59.3 Å². The number of nitrogens with one attached hydrogen (secondary N) is 1. The van der Waals surface area contributed by atoms with Gasteiger partial charge in [-0.15, -0.1) is 0 Å². The normalized spacial score (nSPS) is 14.4. The molecule has 158 valence electrons. The number of nitro benzene ring substituents is 1. The van der Waals surface area contributed by atoms with Gasteiger partial charge in [-0.3, -0.25) is 24.6 Å². The van der Waals surface area contributed by atoms with Crippen molar-refractivity contribution in [2.45, 2.75) is 13.3 Å². The Kier molecular flexibility index (Phi) is 7.02. The van der Waals surface area contributed by atoms with Gasteiger partial charge in [0.15, 0.2) is 0 Å². The number of carbonyl (C=O) groups excluding carboxylic acids is 2. The standard InChI is InChI=1S/C21H23ClN4O4/c1-15-2-7-18(26(29)30)14-19(15)23-20(27)8-9-24-10-12-25(13-11-24)21(28)16-3-5-17(22)6-4-16/h2-7,14H,8-13H2,1H3,(H,23,27). The number of halogens is 1. The smallest absolute Gasteiger partial charge is 0.271 e. The molecule has 0 spiro atoms. The SMILES string of the molecule is Cc1ccc([N+](=O)[O-])cc1NC(=O)CCN1CCN(C(=O)c2ccc(Cl)cc2)CC1. The van der Waals surface area contributed by atoms with Crippen molar-refractivity contribution >= 4 is 34.8 Å². The van der Waals surface area contributed by atoms with Gasteiger partial charge in [0, 0.05) is 61.9 Å². The molecule has 0 unspecified atom stereocenters. The number of aryl methyl sites for hydroxylation is 1. The van der Waals surface area contributed by atoms with Crippen LogP contribution in [0.25, 0.3) is 0 Å². The number of hydrogen-bond acceptors (Lipinski definition) is 5. The van der Waals surface area contributed by atoms with Crippen molar-refractivity contribution in [2.24, 2.45) is 0 Å². The molecule has 0 radical (unpaired) electrons. The monoisotopic (exact) mass is 430 g/mol. The van der Waals surface area contributed by atoms with Crippen LogP contribution in [0.5, 0.6) is 0 Å². The molecular weight excluding hydrogens is 408 g/mol. The number of nitrogens with zero attached hydrogens (tertiary/aromatic N) is 3. The summed E-state index contributed by atoms with van der Waals surface area (Å²) in [5.41, 5.74) is 1.77. The number of benzene rings is 2. The van der Waals surface area contributed by atoms with Crippen molar-refractivity contribution in [2.75, 3.05) is 38.0 Å². The minimum atomic E-state index is -0.486. The maximum Gasteiger partial charge on any atom is 0.271 e. The van der Waals surface area contributed by atoms with Gasteiger partial charge < -0.3 is 10.2 Å². The Hall–Kier alpha value is -2.97. The van der Waals surface area contributed by atoms with Crippen LogP contribution in [-0.2, 0) is 4.79 Å². The minimum Gasteiger partial charge on any atom is -0.336 e. The number of nitro groups is 1. The van der Waals surface area contributed by atoms with E-state index in [1.807, 2.05) is 0 Å². The van der Waals surface area contributed by atoms with Crippen LogP contribution >= 0.6 is 11.6 Å². The zero-order chi connectivity index (χ0) is 21.7. The van der Waals surface area contributed by atoms with Crippen LogP contribution in [0.2, 0.25) is 5.02 Å². The zero-order valence-electron chi connectivity index (χ0n) is 16.6. The first kappa shape index (κ1) is 21.7. The summed E-state index contributed by atoms with van der Waals surface area (Å²) in [6.07, 6.45) is 0.271. The number of anilines is 1. The molecule has 1 heterocycles. The molecule has 8 nitrogen and oxygen atoms in total. The number of hydrogen-bond donors (Lipinski definition) is 1. The molecule has 1 saturated heterocycles. The molecule has 0 aromatic heterocycles. The van der Waals surface area contributed by atoms with Crippen molar-refractivity contribution < 1.29 is 14.5 Å². The topological polar surface area (TPSA) is 95.8 Å². The van der Waals surface area contributed by atoms with Crippen molar-refractivity contribution in [3.05, 3.63) is 68.7 Å². The van der Waals surface area contributed by atoms with Gasteiger partial charge in [0.25, 0.3) is 11.6 Å². The summed E-state index contributed by atoms with van der Waals surface area (Å²) in [5, 5.41) is 14.3. The Labute approximate surface area is 179 Å². The lowest BCUT2D eigenvalue weighted by Crippen LogP contribution is -2.49. The molecule has 0 bridgehead atoms. The Morgan fingerprint density at radius 3 is 2.40 bits per heavy atom. The first-order chi connectivity index (χ1) is 14.3. The molecular formula is C21H23ClN4O4. The molecule has 2 aromatic rings. The van der Waals surface area contributed by atoms with Crippen LogP contribution in [0.4, 0.5) is 11.4 Å². The maximum atomic E-state index is 12.5. The van der Waals surface area contributed by atoms with E-state index in [2.05, 4.69) is 10.2 Å². The lowest BCUT2D eigenvalue weighted by Gasteiger charge is -2.34. The summed E-state index contributed by atoms with van der Waals surface area (Å²) in [5.74, 6) is -0.219. The second-order valence-corrected chi connectivity index (χ2v) is 7.63. The molecule has 1 aliphatic heterocycles. The summed E-state index contributed by atoms with van der Waals surface area (Å²) < 4.78 is 0. The molecule has 3 rings (SSSR count). The number of non-ortho nitro benzene ring substituents is 1. The average Bonchev–Trinajstić information content (AvgIpc) is 2.74. The molecule has 1 N–H and O–H groups in total. The van der Waals surface area contributed by atoms with E-state index in [1.165, 1.54) is 12.1 Å².